The maximum absolute atomic E-state index is 11.7. The minimum atomic E-state index is -1.61. The molecule has 1 aromatic rings. The van der Waals surface area contributed by atoms with Crippen molar-refractivity contribution < 1.29 is 41.7 Å². The van der Waals surface area contributed by atoms with Gasteiger partial charge < -0.3 is 10.2 Å². The molecule has 1 aromatic carbocycles. The summed E-state index contributed by atoms with van der Waals surface area (Å²) in [6.45, 7) is 0. The first-order chi connectivity index (χ1) is 7.54. The Kier molecular flexibility index (Phi) is 3.50. The van der Waals surface area contributed by atoms with E-state index in [0.717, 1.165) is 0 Å². The van der Waals surface area contributed by atoms with Gasteiger partial charge in [0.2, 0.25) is 11.6 Å². The molecular formula is C11H6FeO5. The first-order valence-electron chi connectivity index (χ1n) is 4.39. The number of rotatable bonds is 1. The number of aliphatic hydroxyl groups excluding tert-OH is 1. The third-order valence-electron chi connectivity index (χ3n) is 2.31. The van der Waals surface area contributed by atoms with Crippen molar-refractivity contribution in [2.24, 2.45) is 0 Å². The van der Waals surface area contributed by atoms with Gasteiger partial charge in [0.15, 0.2) is 11.3 Å². The number of carboxylic acids is 1. The van der Waals surface area contributed by atoms with Crippen molar-refractivity contribution in [1.82, 2.24) is 0 Å². The molecule has 0 amide bonds. The van der Waals surface area contributed by atoms with E-state index in [4.69, 9.17) is 5.11 Å². The Balaban J connectivity index is 0.00000144. The van der Waals surface area contributed by atoms with Crippen LogP contribution in [0.5, 0.6) is 0 Å². The molecule has 1 aliphatic rings. The number of hydrogen-bond acceptors (Lipinski definition) is 4. The molecule has 0 bridgehead atoms. The van der Waals surface area contributed by atoms with E-state index in [1.165, 1.54) is 24.3 Å². The predicted molar refractivity (Wildman–Crippen MR) is 52.4 cm³/mol. The summed E-state index contributed by atoms with van der Waals surface area (Å²) in [5.41, 5.74) is -0.846. The van der Waals surface area contributed by atoms with Gasteiger partial charge in [-0.3, -0.25) is 9.59 Å². The van der Waals surface area contributed by atoms with Crippen LogP contribution >= 0.6 is 0 Å². The summed E-state index contributed by atoms with van der Waals surface area (Å²) in [6, 6.07) is 5.77. The van der Waals surface area contributed by atoms with Crippen LogP contribution in [0.3, 0.4) is 0 Å². The molecule has 0 atom stereocenters. The molecule has 0 spiro atoms. The second-order valence-corrected chi connectivity index (χ2v) is 3.23. The molecule has 0 heterocycles. The van der Waals surface area contributed by atoms with Crippen molar-refractivity contribution in [3.63, 3.8) is 0 Å². The SMILES string of the molecule is O=C(O)C1=C(O)C(=O)c2ccccc2C1=O.[Fe]. The topological polar surface area (TPSA) is 91.7 Å². The Bertz CT molecular complexity index is 559. The number of Topliss-reactive ketones (excluding diaryl/α,β-unsaturated/α-hetero) is 2. The summed E-state index contributed by atoms with van der Waals surface area (Å²) in [5, 5.41) is 18.1. The summed E-state index contributed by atoms with van der Waals surface area (Å²) < 4.78 is 0. The minimum absolute atomic E-state index is 0. The number of ketones is 2. The van der Waals surface area contributed by atoms with Gasteiger partial charge in [-0.2, -0.15) is 0 Å². The summed E-state index contributed by atoms with van der Waals surface area (Å²) >= 11 is 0. The average molecular weight is 274 g/mol. The van der Waals surface area contributed by atoms with Gasteiger partial charge >= 0.3 is 5.97 Å². The van der Waals surface area contributed by atoms with Crippen LogP contribution in [0.2, 0.25) is 0 Å². The predicted octanol–water partition coefficient (Wildman–Crippen LogP) is 0.960. The third kappa shape index (κ3) is 1.88. The Hall–Kier alpha value is -1.91. The number of fused-ring (bicyclic) bond motifs is 1. The van der Waals surface area contributed by atoms with Crippen LogP contribution in [-0.2, 0) is 21.9 Å². The van der Waals surface area contributed by atoms with Crippen molar-refractivity contribution in [3.8, 4) is 0 Å². The number of carbonyl (C=O) groups excluding carboxylic acids is 2. The van der Waals surface area contributed by atoms with Gasteiger partial charge in [-0.05, 0) is 0 Å². The van der Waals surface area contributed by atoms with Crippen molar-refractivity contribution >= 4 is 17.5 Å². The van der Waals surface area contributed by atoms with Crippen LogP contribution in [0.4, 0.5) is 0 Å². The number of aliphatic hydroxyl groups is 1. The number of hydrogen-bond donors (Lipinski definition) is 2. The van der Waals surface area contributed by atoms with Crippen LogP contribution in [0, 0.1) is 0 Å². The van der Waals surface area contributed by atoms with Crippen LogP contribution in [0.25, 0.3) is 0 Å². The molecular weight excluding hydrogens is 268 g/mol. The summed E-state index contributed by atoms with van der Waals surface area (Å²) in [5.74, 6) is -4.30. The molecule has 2 rings (SSSR count). The van der Waals surface area contributed by atoms with Crippen molar-refractivity contribution in [2.45, 2.75) is 0 Å². The van der Waals surface area contributed by atoms with Gasteiger partial charge in [-0.15, -0.1) is 0 Å². The Labute approximate surface area is 106 Å². The fourth-order valence-corrected chi connectivity index (χ4v) is 1.56. The van der Waals surface area contributed by atoms with E-state index in [9.17, 15) is 19.5 Å². The van der Waals surface area contributed by atoms with Crippen LogP contribution < -0.4 is 0 Å². The average Bonchev–Trinajstić information content (AvgIpc) is 2.26. The van der Waals surface area contributed by atoms with Crippen LogP contribution in [0.1, 0.15) is 20.7 Å². The molecule has 6 heteroatoms. The van der Waals surface area contributed by atoms with Crippen LogP contribution in [-0.4, -0.2) is 27.7 Å². The number of aliphatic carboxylic acids is 1. The van der Waals surface area contributed by atoms with Crippen LogP contribution in [0.15, 0.2) is 35.6 Å². The van der Waals surface area contributed by atoms with Crippen molar-refractivity contribution in [3.05, 3.63) is 46.7 Å². The zero-order chi connectivity index (χ0) is 11.9. The molecule has 0 saturated heterocycles. The second kappa shape index (κ2) is 4.53. The van der Waals surface area contributed by atoms with Gasteiger partial charge in [-0.25, -0.2) is 4.79 Å². The largest absolute Gasteiger partial charge is 0.503 e. The smallest absolute Gasteiger partial charge is 0.343 e. The monoisotopic (exact) mass is 274 g/mol. The molecule has 0 saturated carbocycles. The zero-order valence-corrected chi connectivity index (χ0v) is 9.39. The molecule has 88 valence electrons. The quantitative estimate of drug-likeness (QED) is 0.587. The van der Waals surface area contributed by atoms with Gasteiger partial charge in [0.05, 0.1) is 0 Å². The number of allylic oxidation sites excluding steroid dienone is 1. The van der Waals surface area contributed by atoms with Gasteiger partial charge in [0.25, 0.3) is 0 Å². The summed E-state index contributed by atoms with van der Waals surface area (Å²) in [4.78, 5) is 34.0. The molecule has 2 N–H and O–H groups in total. The zero-order valence-electron chi connectivity index (χ0n) is 8.28. The maximum atomic E-state index is 11.7. The molecule has 5 nitrogen and oxygen atoms in total. The van der Waals surface area contributed by atoms with E-state index in [1.807, 2.05) is 0 Å². The van der Waals surface area contributed by atoms with E-state index in [1.54, 1.807) is 0 Å². The fourth-order valence-electron chi connectivity index (χ4n) is 1.56. The number of carboxylic acid groups (broad SMARTS) is 1. The summed E-state index contributed by atoms with van der Waals surface area (Å²) in [6.07, 6.45) is 0. The van der Waals surface area contributed by atoms with Crippen molar-refractivity contribution in [2.75, 3.05) is 0 Å². The molecule has 0 aliphatic heterocycles. The Morgan fingerprint density at radius 1 is 1.00 bits per heavy atom. The fraction of sp³-hybridized carbons (Fsp3) is 0. The molecule has 17 heavy (non-hydrogen) atoms. The van der Waals surface area contributed by atoms with E-state index < -0.39 is 28.9 Å². The van der Waals surface area contributed by atoms with Gasteiger partial charge in [-0.1, -0.05) is 24.3 Å². The third-order valence-corrected chi connectivity index (χ3v) is 2.31. The first-order valence-corrected chi connectivity index (χ1v) is 4.39. The van der Waals surface area contributed by atoms with Gasteiger partial charge in [0.1, 0.15) is 0 Å². The molecule has 0 fully saturated rings. The molecule has 0 unspecified atom stereocenters. The number of benzene rings is 1. The molecule has 0 radical (unpaired) electrons. The molecule has 0 aromatic heterocycles. The Morgan fingerprint density at radius 3 is 1.94 bits per heavy atom. The van der Waals surface area contributed by atoms with E-state index >= 15 is 0 Å². The normalized spacial score (nSPS) is 14.1. The van der Waals surface area contributed by atoms with E-state index in [2.05, 4.69) is 0 Å². The molecule has 1 aliphatic carbocycles. The summed E-state index contributed by atoms with van der Waals surface area (Å²) in [7, 11) is 0. The Morgan fingerprint density at radius 2 is 1.47 bits per heavy atom. The minimum Gasteiger partial charge on any atom is -0.503 e. The van der Waals surface area contributed by atoms with Gasteiger partial charge in [0, 0.05) is 28.2 Å². The number of carbonyl (C=O) groups is 3. The standard InChI is InChI=1S/C11H6O5.Fe/c12-8-5-3-1-2-4-6(5)9(13)10(14)7(8)11(15)16;/h1-4,14H,(H,15,16);. The maximum Gasteiger partial charge on any atom is 0.343 e. The first kappa shape index (κ1) is 13.2. The van der Waals surface area contributed by atoms with E-state index in [-0.39, 0.29) is 28.2 Å². The van der Waals surface area contributed by atoms with E-state index in [0.29, 0.717) is 0 Å². The second-order valence-electron chi connectivity index (χ2n) is 3.23. The van der Waals surface area contributed by atoms with Crippen molar-refractivity contribution in [1.29, 1.82) is 0 Å².